The van der Waals surface area contributed by atoms with Crippen molar-refractivity contribution in [3.63, 3.8) is 0 Å². The van der Waals surface area contributed by atoms with Crippen LogP contribution in [0.5, 0.6) is 0 Å². The van der Waals surface area contributed by atoms with Crippen LogP contribution in [-0.2, 0) is 19.8 Å². The van der Waals surface area contributed by atoms with E-state index in [9.17, 15) is 21.9 Å². The second-order valence-electron chi connectivity index (χ2n) is 4.82. The summed E-state index contributed by atoms with van der Waals surface area (Å²) in [7, 11) is -3.33. The van der Waals surface area contributed by atoms with Crippen LogP contribution in [-0.4, -0.2) is 39.7 Å². The lowest BCUT2D eigenvalue weighted by atomic mass is 10.1. The van der Waals surface area contributed by atoms with Gasteiger partial charge in [-0.15, -0.1) is 3.89 Å². The molecule has 1 aliphatic rings. The van der Waals surface area contributed by atoms with Gasteiger partial charge in [-0.3, -0.25) is 4.79 Å². The number of rotatable bonds is 4. The Labute approximate surface area is 121 Å². The number of anilines is 1. The van der Waals surface area contributed by atoms with E-state index in [0.717, 1.165) is 0 Å². The van der Waals surface area contributed by atoms with Gasteiger partial charge >= 0.3 is 16.2 Å². The molecule has 1 aromatic carbocycles. The number of ether oxygens (including phenoxy) is 1. The Morgan fingerprint density at radius 3 is 2.52 bits per heavy atom. The number of carbonyl (C=O) groups is 2. The van der Waals surface area contributed by atoms with Crippen LogP contribution < -0.4 is 4.90 Å². The summed E-state index contributed by atoms with van der Waals surface area (Å²) in [5.74, 6) is -1.98. The number of methoxy groups -OCH3 is 1. The maximum Gasteiger partial charge on any atom is 0.337 e. The predicted molar refractivity (Wildman–Crippen MR) is 73.1 cm³/mol. The fraction of sp³-hybridized carbons (Fsp3) is 0.385. The van der Waals surface area contributed by atoms with Crippen molar-refractivity contribution in [3.8, 4) is 0 Å². The molecule has 1 saturated heterocycles. The molecule has 1 amide bonds. The molecule has 0 radical (unpaired) electrons. The first-order chi connectivity index (χ1) is 9.80. The van der Waals surface area contributed by atoms with Gasteiger partial charge in [0.2, 0.25) is 5.91 Å². The third-order valence-electron chi connectivity index (χ3n) is 3.24. The quantitative estimate of drug-likeness (QED) is 0.614. The van der Waals surface area contributed by atoms with Crippen LogP contribution in [0.25, 0.3) is 0 Å². The van der Waals surface area contributed by atoms with E-state index >= 15 is 0 Å². The average Bonchev–Trinajstić information content (AvgIpc) is 2.76. The summed E-state index contributed by atoms with van der Waals surface area (Å²) >= 11 is 0. The van der Waals surface area contributed by atoms with Gasteiger partial charge in [0.1, 0.15) is 0 Å². The van der Waals surface area contributed by atoms with Crippen LogP contribution >= 0.6 is 0 Å². The summed E-state index contributed by atoms with van der Waals surface area (Å²) in [6, 6.07) is 6.15. The van der Waals surface area contributed by atoms with Gasteiger partial charge in [-0.25, -0.2) is 4.79 Å². The number of esters is 1. The minimum Gasteiger partial charge on any atom is -0.465 e. The zero-order valence-corrected chi connectivity index (χ0v) is 12.1. The molecule has 21 heavy (non-hydrogen) atoms. The highest BCUT2D eigenvalue weighted by atomic mass is 32.3. The molecule has 1 unspecified atom stereocenters. The highest BCUT2D eigenvalue weighted by Gasteiger charge is 2.33. The van der Waals surface area contributed by atoms with Crippen molar-refractivity contribution in [2.24, 2.45) is 5.92 Å². The Morgan fingerprint density at radius 2 is 2.00 bits per heavy atom. The Balaban J connectivity index is 2.12. The monoisotopic (exact) mass is 315 g/mol. The van der Waals surface area contributed by atoms with Gasteiger partial charge in [-0.2, -0.15) is 8.42 Å². The molecule has 1 aromatic rings. The van der Waals surface area contributed by atoms with E-state index in [-0.39, 0.29) is 18.9 Å². The molecule has 1 atom stereocenters. The first-order valence-corrected chi connectivity index (χ1v) is 7.76. The molecular formula is C13H14FNO5S. The largest absolute Gasteiger partial charge is 0.465 e. The van der Waals surface area contributed by atoms with Crippen LogP contribution in [0.4, 0.5) is 9.57 Å². The minimum absolute atomic E-state index is 0.0120. The average molecular weight is 315 g/mol. The smallest absolute Gasteiger partial charge is 0.337 e. The van der Waals surface area contributed by atoms with Crippen LogP contribution in [0, 0.1) is 5.92 Å². The molecule has 2 rings (SSSR count). The third kappa shape index (κ3) is 3.78. The van der Waals surface area contributed by atoms with Crippen molar-refractivity contribution < 1.29 is 26.6 Å². The van der Waals surface area contributed by atoms with E-state index in [4.69, 9.17) is 0 Å². The van der Waals surface area contributed by atoms with Gasteiger partial charge in [0.05, 0.1) is 18.4 Å². The Hall–Kier alpha value is -1.96. The van der Waals surface area contributed by atoms with Gasteiger partial charge in [0.15, 0.2) is 0 Å². The normalized spacial score (nSPS) is 18.9. The topological polar surface area (TPSA) is 80.8 Å². The van der Waals surface area contributed by atoms with E-state index in [1.807, 2.05) is 0 Å². The Bertz CT molecular complexity index is 656. The number of benzene rings is 1. The van der Waals surface area contributed by atoms with Crippen LogP contribution in [0.3, 0.4) is 0 Å². The van der Waals surface area contributed by atoms with Crippen molar-refractivity contribution in [2.45, 2.75) is 6.42 Å². The van der Waals surface area contributed by atoms with Crippen molar-refractivity contribution >= 4 is 27.8 Å². The fourth-order valence-corrected chi connectivity index (χ4v) is 3.11. The molecule has 0 N–H and O–H groups in total. The first kappa shape index (κ1) is 15.4. The number of halogens is 1. The third-order valence-corrected chi connectivity index (χ3v) is 4.11. The summed E-state index contributed by atoms with van der Waals surface area (Å²) in [5.41, 5.74) is 0.877. The van der Waals surface area contributed by atoms with Crippen molar-refractivity contribution in [3.05, 3.63) is 29.8 Å². The minimum atomic E-state index is -4.60. The van der Waals surface area contributed by atoms with E-state index in [2.05, 4.69) is 4.74 Å². The fourth-order valence-electron chi connectivity index (χ4n) is 2.32. The van der Waals surface area contributed by atoms with Crippen LogP contribution in [0.2, 0.25) is 0 Å². The van der Waals surface area contributed by atoms with Gasteiger partial charge < -0.3 is 9.64 Å². The molecule has 0 spiro atoms. The SMILES string of the molecule is COC(=O)c1ccc(N2CC(CS(=O)(=O)F)CC2=O)cc1. The standard InChI is InChI=1S/C13H14FNO5S/c1-20-13(17)10-2-4-11(5-3-10)15-7-9(6-12(15)16)8-21(14,18)19/h2-5,9H,6-8H2,1H3. The molecule has 0 bridgehead atoms. The Morgan fingerprint density at radius 1 is 1.38 bits per heavy atom. The second kappa shape index (κ2) is 5.80. The summed E-state index contributed by atoms with van der Waals surface area (Å²) in [6.45, 7) is 0.138. The zero-order chi connectivity index (χ0) is 15.6. The molecule has 0 aromatic heterocycles. The molecule has 0 saturated carbocycles. The maximum atomic E-state index is 12.7. The Kier molecular flexibility index (Phi) is 4.26. The number of hydrogen-bond acceptors (Lipinski definition) is 5. The van der Waals surface area contributed by atoms with Gasteiger partial charge in [-0.05, 0) is 24.3 Å². The van der Waals surface area contributed by atoms with Gasteiger partial charge in [0.25, 0.3) is 0 Å². The predicted octanol–water partition coefficient (Wildman–Crippen LogP) is 1.13. The molecule has 6 nitrogen and oxygen atoms in total. The lowest BCUT2D eigenvalue weighted by Gasteiger charge is -2.16. The molecule has 114 valence electrons. The molecule has 1 fully saturated rings. The van der Waals surface area contributed by atoms with Gasteiger partial charge in [0, 0.05) is 24.6 Å². The van der Waals surface area contributed by atoms with Crippen molar-refractivity contribution in [1.82, 2.24) is 0 Å². The van der Waals surface area contributed by atoms with E-state index < -0.39 is 27.9 Å². The van der Waals surface area contributed by atoms with E-state index in [0.29, 0.717) is 11.3 Å². The second-order valence-corrected chi connectivity index (χ2v) is 6.23. The number of hydrogen-bond donors (Lipinski definition) is 0. The number of amides is 1. The highest BCUT2D eigenvalue weighted by Crippen LogP contribution is 2.26. The molecule has 8 heteroatoms. The molecule has 1 aliphatic heterocycles. The van der Waals surface area contributed by atoms with Crippen molar-refractivity contribution in [1.29, 1.82) is 0 Å². The van der Waals surface area contributed by atoms with Crippen LogP contribution in [0.15, 0.2) is 24.3 Å². The first-order valence-electron chi connectivity index (χ1n) is 6.21. The molecular weight excluding hydrogens is 301 g/mol. The number of carbonyl (C=O) groups excluding carboxylic acids is 2. The summed E-state index contributed by atoms with van der Waals surface area (Å²) in [5, 5.41) is 0. The molecule has 0 aliphatic carbocycles. The summed E-state index contributed by atoms with van der Waals surface area (Å²) < 4.78 is 38.5. The highest BCUT2D eigenvalue weighted by molar-refractivity contribution is 7.86. The lowest BCUT2D eigenvalue weighted by molar-refractivity contribution is -0.117. The lowest BCUT2D eigenvalue weighted by Crippen LogP contribution is -2.25. The van der Waals surface area contributed by atoms with Gasteiger partial charge in [-0.1, -0.05) is 0 Å². The molecule has 1 heterocycles. The zero-order valence-electron chi connectivity index (χ0n) is 11.3. The number of nitrogens with zero attached hydrogens (tertiary/aromatic N) is 1. The van der Waals surface area contributed by atoms with E-state index in [1.165, 1.54) is 24.1 Å². The van der Waals surface area contributed by atoms with Crippen LogP contribution in [0.1, 0.15) is 16.8 Å². The van der Waals surface area contributed by atoms with Crippen molar-refractivity contribution in [2.75, 3.05) is 24.3 Å². The van der Waals surface area contributed by atoms with E-state index in [1.54, 1.807) is 12.1 Å². The summed E-state index contributed by atoms with van der Waals surface area (Å²) in [6.07, 6.45) is -0.0120. The maximum absolute atomic E-state index is 12.7. The summed E-state index contributed by atoms with van der Waals surface area (Å²) in [4.78, 5) is 24.6.